The van der Waals surface area contributed by atoms with Crippen LogP contribution in [0, 0.1) is 15.9 Å². The zero-order valence-electron chi connectivity index (χ0n) is 14.1. The molecule has 1 aliphatic rings. The largest absolute Gasteiger partial charge is 0.362 e. The van der Waals surface area contributed by atoms with Crippen LogP contribution in [0.5, 0.6) is 0 Å². The molecule has 0 fully saturated rings. The Hall–Kier alpha value is -2.74. The van der Waals surface area contributed by atoms with Gasteiger partial charge in [-0.25, -0.2) is 12.8 Å². The van der Waals surface area contributed by atoms with Gasteiger partial charge >= 0.3 is 5.69 Å². The predicted octanol–water partition coefficient (Wildman–Crippen LogP) is 3.43. The summed E-state index contributed by atoms with van der Waals surface area (Å²) in [5.74, 6) is -0.306. The summed E-state index contributed by atoms with van der Waals surface area (Å²) in [6.07, 6.45) is 3.50. The number of nitro groups is 1. The van der Waals surface area contributed by atoms with Crippen molar-refractivity contribution in [2.75, 3.05) is 24.2 Å². The van der Waals surface area contributed by atoms with Crippen molar-refractivity contribution in [3.63, 3.8) is 0 Å². The molecule has 0 saturated heterocycles. The molecule has 0 atom stereocenters. The van der Waals surface area contributed by atoms with E-state index in [0.29, 0.717) is 19.5 Å². The molecule has 0 unspecified atom stereocenters. The molecule has 0 amide bonds. The average molecular weight is 376 g/mol. The van der Waals surface area contributed by atoms with Gasteiger partial charge in [0, 0.05) is 19.3 Å². The van der Waals surface area contributed by atoms with E-state index in [-0.39, 0.29) is 16.4 Å². The molecule has 0 N–H and O–H groups in total. The monoisotopic (exact) mass is 376 g/mol. The molecule has 8 heteroatoms. The first-order valence-corrected chi connectivity index (χ1v) is 9.84. The number of hydrogen-bond donors (Lipinski definition) is 0. The lowest BCUT2D eigenvalue weighted by atomic mass is 9.99. The lowest BCUT2D eigenvalue weighted by molar-refractivity contribution is -0.387. The third-order valence-corrected chi connectivity index (χ3v) is 5.45. The number of hydrogen-bond acceptors (Lipinski definition) is 5. The topological polar surface area (TPSA) is 80.5 Å². The molecule has 136 valence electrons. The fourth-order valence-corrected chi connectivity index (χ4v) is 3.92. The van der Waals surface area contributed by atoms with Crippen LogP contribution in [0.15, 0.2) is 53.4 Å². The van der Waals surface area contributed by atoms with Crippen LogP contribution in [0.4, 0.5) is 15.8 Å². The summed E-state index contributed by atoms with van der Waals surface area (Å²) in [5, 5.41) is 11.5. The lowest BCUT2D eigenvalue weighted by Gasteiger charge is -2.28. The molecule has 0 saturated carbocycles. The van der Waals surface area contributed by atoms with Crippen molar-refractivity contribution >= 4 is 26.8 Å². The summed E-state index contributed by atoms with van der Waals surface area (Å²) >= 11 is 0. The van der Waals surface area contributed by atoms with E-state index in [2.05, 4.69) is 0 Å². The van der Waals surface area contributed by atoms with Crippen LogP contribution in [0.3, 0.4) is 0 Å². The van der Waals surface area contributed by atoms with Gasteiger partial charge in [-0.2, -0.15) is 0 Å². The third-order valence-electron chi connectivity index (χ3n) is 4.32. The smallest absolute Gasteiger partial charge is 0.311 e. The molecule has 0 spiro atoms. The van der Waals surface area contributed by atoms with Gasteiger partial charge in [0.15, 0.2) is 9.84 Å². The highest BCUT2D eigenvalue weighted by molar-refractivity contribution is 7.90. The third kappa shape index (κ3) is 3.60. The fourth-order valence-electron chi connectivity index (χ4n) is 3.06. The van der Waals surface area contributed by atoms with Gasteiger partial charge in [0.1, 0.15) is 16.4 Å². The molecule has 2 aromatic rings. The Labute approximate surface area is 150 Å². The summed E-state index contributed by atoms with van der Waals surface area (Å²) in [7, 11) is -3.72. The van der Waals surface area contributed by atoms with Gasteiger partial charge in [-0.3, -0.25) is 10.1 Å². The molecular formula is C18H17FN2O4S. The summed E-state index contributed by atoms with van der Waals surface area (Å²) in [6, 6.07) is 10.5. The fraction of sp³-hybridized carbons (Fsp3) is 0.222. The van der Waals surface area contributed by atoms with E-state index in [1.54, 1.807) is 23.1 Å². The number of benzene rings is 2. The van der Waals surface area contributed by atoms with E-state index in [0.717, 1.165) is 17.4 Å². The minimum absolute atomic E-state index is 0.284. The Bertz CT molecular complexity index is 985. The summed E-state index contributed by atoms with van der Waals surface area (Å²) in [6.45, 7) is 0.901. The molecular weight excluding hydrogens is 359 g/mol. The van der Waals surface area contributed by atoms with Crippen molar-refractivity contribution in [1.82, 2.24) is 0 Å². The zero-order valence-corrected chi connectivity index (χ0v) is 14.9. The van der Waals surface area contributed by atoms with Crippen LogP contribution < -0.4 is 4.90 Å². The molecule has 0 aliphatic carbocycles. The van der Waals surface area contributed by atoms with Crippen molar-refractivity contribution < 1.29 is 17.7 Å². The van der Waals surface area contributed by atoms with Gasteiger partial charge in [-0.1, -0.05) is 24.3 Å². The molecule has 0 bridgehead atoms. The van der Waals surface area contributed by atoms with Crippen LogP contribution >= 0.6 is 0 Å². The van der Waals surface area contributed by atoms with Crippen LogP contribution in [-0.2, 0) is 9.84 Å². The molecule has 2 aromatic carbocycles. The second-order valence-electron chi connectivity index (χ2n) is 6.09. The summed E-state index contributed by atoms with van der Waals surface area (Å²) in [4.78, 5) is 12.4. The van der Waals surface area contributed by atoms with Gasteiger partial charge < -0.3 is 4.90 Å². The molecule has 6 nitrogen and oxygen atoms in total. The molecule has 1 aliphatic heterocycles. The zero-order chi connectivity index (χ0) is 18.9. The number of nitrogens with zero attached hydrogens (tertiary/aromatic N) is 2. The normalized spacial score (nSPS) is 14.8. The standard InChI is InChI=1S/C18H17FN2O4S/c1-26(24,25)17-4-2-3-16(18(17)21(22)23)20-11-9-14(10-12-20)13-5-7-15(19)8-6-13/h2-9H,10-12H2,1H3. The van der Waals surface area contributed by atoms with Crippen LogP contribution in [-0.4, -0.2) is 32.7 Å². The van der Waals surface area contributed by atoms with E-state index in [9.17, 15) is 22.9 Å². The number of halogens is 1. The van der Waals surface area contributed by atoms with Gasteiger partial charge in [-0.15, -0.1) is 0 Å². The second-order valence-corrected chi connectivity index (χ2v) is 8.07. The highest BCUT2D eigenvalue weighted by atomic mass is 32.2. The maximum atomic E-state index is 13.1. The van der Waals surface area contributed by atoms with Crippen molar-refractivity contribution in [2.24, 2.45) is 0 Å². The SMILES string of the molecule is CS(=O)(=O)c1cccc(N2CC=C(c3ccc(F)cc3)CC2)c1[N+](=O)[O-]. The number of anilines is 1. The minimum atomic E-state index is -3.72. The molecule has 3 rings (SSSR count). The minimum Gasteiger partial charge on any atom is -0.362 e. The Morgan fingerprint density at radius 2 is 1.85 bits per heavy atom. The van der Waals surface area contributed by atoms with Crippen molar-refractivity contribution in [3.05, 3.63) is 70.0 Å². The number of sulfone groups is 1. The van der Waals surface area contributed by atoms with E-state index in [1.807, 2.05) is 6.08 Å². The van der Waals surface area contributed by atoms with Gasteiger partial charge in [0.2, 0.25) is 0 Å². The lowest BCUT2D eigenvalue weighted by Crippen LogP contribution is -2.29. The maximum absolute atomic E-state index is 13.1. The summed E-state index contributed by atoms with van der Waals surface area (Å²) in [5.41, 5.74) is 1.83. The van der Waals surface area contributed by atoms with Gasteiger partial charge in [-0.05, 0) is 41.8 Å². The molecule has 0 radical (unpaired) electrons. The van der Waals surface area contributed by atoms with E-state index < -0.39 is 20.4 Å². The highest BCUT2D eigenvalue weighted by Gasteiger charge is 2.29. The van der Waals surface area contributed by atoms with Crippen LogP contribution in [0.2, 0.25) is 0 Å². The van der Waals surface area contributed by atoms with Crippen LogP contribution in [0.1, 0.15) is 12.0 Å². The molecule has 26 heavy (non-hydrogen) atoms. The second kappa shape index (κ2) is 6.87. The van der Waals surface area contributed by atoms with Crippen LogP contribution in [0.25, 0.3) is 5.57 Å². The summed E-state index contributed by atoms with van der Waals surface area (Å²) < 4.78 is 36.8. The first-order valence-electron chi connectivity index (χ1n) is 7.95. The predicted molar refractivity (Wildman–Crippen MR) is 97.4 cm³/mol. The number of nitro benzene ring substituents is 1. The van der Waals surface area contributed by atoms with Crippen molar-refractivity contribution in [3.8, 4) is 0 Å². The Morgan fingerprint density at radius 3 is 2.38 bits per heavy atom. The number of para-hydroxylation sites is 1. The molecule has 0 aromatic heterocycles. The Morgan fingerprint density at radius 1 is 1.15 bits per heavy atom. The van der Waals surface area contributed by atoms with E-state index in [4.69, 9.17) is 0 Å². The van der Waals surface area contributed by atoms with E-state index >= 15 is 0 Å². The van der Waals surface area contributed by atoms with Crippen molar-refractivity contribution in [2.45, 2.75) is 11.3 Å². The van der Waals surface area contributed by atoms with Gasteiger partial charge in [0.25, 0.3) is 0 Å². The Balaban J connectivity index is 1.94. The average Bonchev–Trinajstić information content (AvgIpc) is 2.61. The quantitative estimate of drug-likeness (QED) is 0.603. The number of rotatable bonds is 4. The first kappa shape index (κ1) is 18.1. The Kier molecular flexibility index (Phi) is 4.78. The van der Waals surface area contributed by atoms with Crippen molar-refractivity contribution in [1.29, 1.82) is 0 Å². The van der Waals surface area contributed by atoms with E-state index in [1.165, 1.54) is 24.3 Å². The van der Waals surface area contributed by atoms with Gasteiger partial charge in [0.05, 0.1) is 4.92 Å². The first-order chi connectivity index (χ1) is 12.3. The maximum Gasteiger partial charge on any atom is 0.311 e. The molecule has 1 heterocycles. The highest BCUT2D eigenvalue weighted by Crippen LogP contribution is 2.36.